The van der Waals surface area contributed by atoms with Crippen LogP contribution in [0.4, 0.5) is 0 Å². The number of imidazole rings is 1. The van der Waals surface area contributed by atoms with Crippen LogP contribution in [-0.4, -0.2) is 23.1 Å². The van der Waals surface area contributed by atoms with E-state index in [-0.39, 0.29) is 5.41 Å². The Morgan fingerprint density at radius 2 is 1.22 bits per heavy atom. The van der Waals surface area contributed by atoms with Gasteiger partial charge in [-0.1, -0.05) is 42.5 Å². The molecule has 0 amide bonds. The van der Waals surface area contributed by atoms with Gasteiger partial charge in [0, 0.05) is 27.7 Å². The van der Waals surface area contributed by atoms with E-state index in [1.54, 1.807) is 0 Å². The molecule has 0 fully saturated rings. The van der Waals surface area contributed by atoms with E-state index in [0.717, 1.165) is 48.7 Å². The summed E-state index contributed by atoms with van der Waals surface area (Å²) in [5.41, 5.74) is 10.4. The number of pyridine rings is 1. The average Bonchev–Trinajstić information content (AvgIpc) is 3.88. The van der Waals surface area contributed by atoms with E-state index < -0.39 is 0 Å². The maximum atomic E-state index is 6.87. The van der Waals surface area contributed by atoms with Crippen LogP contribution in [0.15, 0.2) is 140 Å². The average molecular weight is 881 g/mol. The molecule has 6 aromatic carbocycles. The molecule has 11 rings (SSSR count). The van der Waals surface area contributed by atoms with Crippen molar-refractivity contribution in [3.05, 3.63) is 149 Å². The molecule has 264 valence electrons. The molecular formula is C47H35N5OPt. The quantitative estimate of drug-likeness (QED) is 0.177. The van der Waals surface area contributed by atoms with E-state index in [9.17, 15) is 0 Å². The zero-order chi connectivity index (χ0) is 36.5. The third-order valence-corrected chi connectivity index (χ3v) is 12.4. The first-order chi connectivity index (χ1) is 26.2. The molecule has 54 heavy (non-hydrogen) atoms. The minimum atomic E-state index is -0.0874. The Balaban J connectivity index is 1.14. The molecule has 0 saturated heterocycles. The zero-order valence-electron chi connectivity index (χ0n) is 30.2. The van der Waals surface area contributed by atoms with E-state index >= 15 is 0 Å². The van der Waals surface area contributed by atoms with Crippen LogP contribution in [0.1, 0.15) is 26.3 Å². The van der Waals surface area contributed by atoms with Crippen LogP contribution >= 0.6 is 0 Å². The normalized spacial score (nSPS) is 12.6. The summed E-state index contributed by atoms with van der Waals surface area (Å²) in [6.07, 6.45) is 1.87. The molecular weight excluding hydrogens is 846 g/mol. The number of nitrogens with zero attached hydrogens (tertiary/aromatic N) is 5. The number of hydrogen-bond donors (Lipinski definition) is 0. The number of aromatic nitrogens is 5. The number of benzene rings is 6. The van der Waals surface area contributed by atoms with Gasteiger partial charge in [0.25, 0.3) is 0 Å². The van der Waals surface area contributed by atoms with Crippen molar-refractivity contribution in [2.45, 2.75) is 26.2 Å². The van der Waals surface area contributed by atoms with Crippen LogP contribution < -0.4 is 4.74 Å². The van der Waals surface area contributed by atoms with E-state index in [4.69, 9.17) is 9.72 Å². The summed E-state index contributed by atoms with van der Waals surface area (Å²) in [6.45, 7) is 6.76. The predicted octanol–water partition coefficient (Wildman–Crippen LogP) is 11.8. The summed E-state index contributed by atoms with van der Waals surface area (Å²) in [7, 11) is 2.12. The van der Waals surface area contributed by atoms with Gasteiger partial charge < -0.3 is 4.40 Å². The fourth-order valence-electron chi connectivity index (χ4n) is 8.56. The first-order valence-electron chi connectivity index (χ1n) is 18.3. The molecule has 5 aromatic heterocycles. The van der Waals surface area contributed by atoms with Crippen molar-refractivity contribution < 1.29 is 24.1 Å². The van der Waals surface area contributed by atoms with Gasteiger partial charge in [-0.05, 0) is 12.1 Å². The fraction of sp³-hybridized carbons (Fsp3) is 0.106. The Bertz CT molecular complexity index is 3380. The molecule has 0 N–H and O–H groups in total. The van der Waals surface area contributed by atoms with Crippen molar-refractivity contribution in [3.8, 4) is 23.0 Å². The Hall–Kier alpha value is -5.97. The SMILES string of the molecule is Cn1[c](=[Pt])n(-c2cc(Oc3ccc4c5cc6c7cccc8c9ccccc9n(c6cc5n(-c5ccccn5)c4c3)c87)cc(C(C)(C)C)c2)c2ccccc21. The molecule has 11 aromatic rings. The number of rotatable bonds is 4. The Morgan fingerprint density at radius 3 is 2.02 bits per heavy atom. The van der Waals surface area contributed by atoms with Crippen LogP contribution in [-0.2, 0) is 31.8 Å². The minimum absolute atomic E-state index is 0.0874. The number of fused-ring (bicyclic) bond motifs is 10. The predicted molar refractivity (Wildman–Crippen MR) is 217 cm³/mol. The van der Waals surface area contributed by atoms with Crippen molar-refractivity contribution in [1.82, 2.24) is 23.1 Å². The third kappa shape index (κ3) is 4.44. The van der Waals surface area contributed by atoms with Crippen molar-refractivity contribution in [2.24, 2.45) is 7.05 Å². The number of hydrogen-bond acceptors (Lipinski definition) is 2. The van der Waals surface area contributed by atoms with Gasteiger partial charge in [-0.25, -0.2) is 0 Å². The van der Waals surface area contributed by atoms with Gasteiger partial charge in [0.2, 0.25) is 0 Å². The number of ether oxygens (including phenoxy) is 1. The molecule has 7 heteroatoms. The second-order valence-corrected chi connectivity index (χ2v) is 16.4. The van der Waals surface area contributed by atoms with Gasteiger partial charge in [0.1, 0.15) is 0 Å². The van der Waals surface area contributed by atoms with Crippen molar-refractivity contribution in [3.63, 3.8) is 0 Å². The molecule has 0 bridgehead atoms. The van der Waals surface area contributed by atoms with Crippen LogP contribution in [0, 0.1) is 3.80 Å². The monoisotopic (exact) mass is 880 g/mol. The summed E-state index contributed by atoms with van der Waals surface area (Å²) in [5, 5.41) is 7.43. The summed E-state index contributed by atoms with van der Waals surface area (Å²) >= 11 is 2.43. The first kappa shape index (κ1) is 31.5. The Labute approximate surface area is 321 Å². The van der Waals surface area contributed by atoms with Crippen molar-refractivity contribution in [1.29, 1.82) is 0 Å². The topological polar surface area (TPSA) is 41.3 Å². The van der Waals surface area contributed by atoms with Gasteiger partial charge in [0.15, 0.2) is 0 Å². The standard InChI is InChI=1S/C47H35N5O.Pt/c1-47(2,3)29-22-30(50-28-49(4)40-16-7-8-17-41(40)50)24-32(23-29)53-31-19-20-34-37-26-38-36-14-11-13-35-33-12-5-6-15-39(33)52(46(35)36)44(38)27-43(37)51(42(34)25-31)45-18-9-10-21-48-45;/h5-27H,1-4H3;. The van der Waals surface area contributed by atoms with Crippen LogP contribution in [0.3, 0.4) is 0 Å². The summed E-state index contributed by atoms with van der Waals surface area (Å²) in [6, 6.07) is 47.9. The van der Waals surface area contributed by atoms with E-state index in [1.165, 1.54) is 54.6 Å². The molecule has 0 radical (unpaired) electrons. The van der Waals surface area contributed by atoms with E-state index in [1.807, 2.05) is 12.3 Å². The molecule has 5 heterocycles. The summed E-state index contributed by atoms with van der Waals surface area (Å²) in [5.74, 6) is 2.44. The third-order valence-electron chi connectivity index (χ3n) is 11.1. The van der Waals surface area contributed by atoms with Gasteiger partial charge in [-0.2, -0.15) is 0 Å². The van der Waals surface area contributed by atoms with Gasteiger partial charge in [-0.15, -0.1) is 0 Å². The molecule has 0 aliphatic rings. The Morgan fingerprint density at radius 1 is 0.537 bits per heavy atom. The van der Waals surface area contributed by atoms with Crippen LogP contribution in [0.25, 0.3) is 82.4 Å². The van der Waals surface area contributed by atoms with Crippen molar-refractivity contribution in [2.75, 3.05) is 0 Å². The second kappa shape index (κ2) is 11.3. The molecule has 0 aliphatic carbocycles. The first-order valence-corrected chi connectivity index (χ1v) is 19.4. The van der Waals surface area contributed by atoms with Crippen molar-refractivity contribution >= 4 is 70.9 Å². The van der Waals surface area contributed by atoms with Gasteiger partial charge in [0.05, 0.1) is 16.6 Å². The molecule has 0 saturated carbocycles. The van der Waals surface area contributed by atoms with Crippen LogP contribution in [0.5, 0.6) is 11.5 Å². The molecule has 0 spiro atoms. The van der Waals surface area contributed by atoms with E-state index in [0.29, 0.717) is 0 Å². The van der Waals surface area contributed by atoms with Gasteiger partial charge >= 0.3 is 220 Å². The summed E-state index contributed by atoms with van der Waals surface area (Å²) in [4.78, 5) is 4.88. The molecule has 0 atom stereocenters. The molecule has 0 unspecified atom stereocenters. The second-order valence-electron chi connectivity index (χ2n) is 15.3. The fourth-order valence-corrected chi connectivity index (χ4v) is 9.40. The molecule has 6 nitrogen and oxygen atoms in total. The summed E-state index contributed by atoms with van der Waals surface area (Å²) < 4.78 is 17.3. The van der Waals surface area contributed by atoms with Gasteiger partial charge in [-0.3, -0.25) is 0 Å². The molecule has 0 aliphatic heterocycles. The zero-order valence-corrected chi connectivity index (χ0v) is 32.5. The number of aryl methyl sites for hydroxylation is 1. The van der Waals surface area contributed by atoms with E-state index in [2.05, 4.69) is 193 Å². The Kier molecular flexibility index (Phi) is 6.58. The number of para-hydroxylation sites is 4. The van der Waals surface area contributed by atoms with Crippen LogP contribution in [0.2, 0.25) is 0 Å². The maximum absolute atomic E-state index is 6.87.